The van der Waals surface area contributed by atoms with Crippen LogP contribution >= 0.6 is 0 Å². The molecule has 1 heterocycles. The van der Waals surface area contributed by atoms with Gasteiger partial charge < -0.3 is 0 Å². The summed E-state index contributed by atoms with van der Waals surface area (Å²) >= 11 is 0. The van der Waals surface area contributed by atoms with Gasteiger partial charge in [0.05, 0.1) is 0 Å². The van der Waals surface area contributed by atoms with Gasteiger partial charge in [0.2, 0.25) is 5.91 Å². The molecule has 16 heavy (non-hydrogen) atoms. The topological polar surface area (TPSA) is 44.1 Å². The highest BCUT2D eigenvalue weighted by molar-refractivity contribution is 5.77. The van der Waals surface area contributed by atoms with Crippen molar-refractivity contribution in [2.24, 2.45) is 0 Å². The van der Waals surface area contributed by atoms with Gasteiger partial charge in [0.15, 0.2) is 6.19 Å². The van der Waals surface area contributed by atoms with Gasteiger partial charge in [0.1, 0.15) is 0 Å². The van der Waals surface area contributed by atoms with Crippen LogP contribution in [0, 0.1) is 11.5 Å². The number of rotatable bonds is 0. The van der Waals surface area contributed by atoms with Crippen molar-refractivity contribution in [2.45, 2.75) is 64.2 Å². The van der Waals surface area contributed by atoms with Crippen LogP contribution in [0.3, 0.4) is 0 Å². The minimum absolute atomic E-state index is 0.0155. The monoisotopic (exact) mass is 222 g/mol. The quantitative estimate of drug-likeness (QED) is 0.591. The molecule has 1 aliphatic heterocycles. The zero-order chi connectivity index (χ0) is 11.6. The zero-order valence-electron chi connectivity index (χ0n) is 10.1. The van der Waals surface area contributed by atoms with E-state index in [1.807, 2.05) is 6.19 Å². The molecule has 1 saturated heterocycles. The zero-order valence-corrected chi connectivity index (χ0v) is 10.1. The van der Waals surface area contributed by atoms with Crippen LogP contribution in [0.25, 0.3) is 0 Å². The van der Waals surface area contributed by atoms with E-state index in [4.69, 9.17) is 5.26 Å². The van der Waals surface area contributed by atoms with Crippen LogP contribution < -0.4 is 0 Å². The first-order chi connectivity index (χ1) is 7.84. The van der Waals surface area contributed by atoms with Crippen molar-refractivity contribution in [1.82, 2.24) is 4.90 Å². The van der Waals surface area contributed by atoms with E-state index >= 15 is 0 Å². The van der Waals surface area contributed by atoms with Crippen molar-refractivity contribution in [1.29, 1.82) is 5.26 Å². The molecule has 1 amide bonds. The maximum Gasteiger partial charge on any atom is 0.235 e. The molecule has 3 nitrogen and oxygen atoms in total. The summed E-state index contributed by atoms with van der Waals surface area (Å²) in [6.07, 6.45) is 13.2. The molecular formula is C13H22N2O. The maximum atomic E-state index is 11.7. The molecule has 1 rings (SSSR count). The molecule has 0 bridgehead atoms. The molecular weight excluding hydrogens is 200 g/mol. The van der Waals surface area contributed by atoms with Crippen LogP contribution in [0.5, 0.6) is 0 Å². The molecule has 0 atom stereocenters. The largest absolute Gasteiger partial charge is 0.274 e. The van der Waals surface area contributed by atoms with Gasteiger partial charge >= 0.3 is 0 Å². The normalized spacial score (nSPS) is 21.4. The van der Waals surface area contributed by atoms with Crippen LogP contribution in [0.1, 0.15) is 64.2 Å². The highest BCUT2D eigenvalue weighted by Gasteiger charge is 2.12. The number of amides is 1. The Balaban J connectivity index is 2.37. The Morgan fingerprint density at radius 2 is 1.38 bits per heavy atom. The van der Waals surface area contributed by atoms with E-state index in [0.29, 0.717) is 13.0 Å². The van der Waals surface area contributed by atoms with Gasteiger partial charge in [-0.25, -0.2) is 4.90 Å². The Bertz CT molecular complexity index is 245. The summed E-state index contributed by atoms with van der Waals surface area (Å²) in [5.74, 6) is 0.0155. The summed E-state index contributed by atoms with van der Waals surface area (Å²) in [6.45, 7) is 0.620. The Morgan fingerprint density at radius 1 is 0.875 bits per heavy atom. The molecule has 0 radical (unpaired) electrons. The van der Waals surface area contributed by atoms with Crippen molar-refractivity contribution < 1.29 is 4.79 Å². The van der Waals surface area contributed by atoms with Gasteiger partial charge in [-0.15, -0.1) is 0 Å². The number of carbonyl (C=O) groups is 1. The van der Waals surface area contributed by atoms with E-state index in [1.54, 1.807) is 0 Å². The first kappa shape index (κ1) is 13.0. The van der Waals surface area contributed by atoms with E-state index < -0.39 is 0 Å². The van der Waals surface area contributed by atoms with Gasteiger partial charge in [-0.05, 0) is 12.8 Å². The van der Waals surface area contributed by atoms with Crippen molar-refractivity contribution in [3.8, 4) is 6.19 Å². The number of nitriles is 1. The fourth-order valence-electron chi connectivity index (χ4n) is 2.15. The fraction of sp³-hybridized carbons (Fsp3) is 0.846. The van der Waals surface area contributed by atoms with E-state index in [2.05, 4.69) is 0 Å². The molecule has 0 aromatic carbocycles. The second kappa shape index (κ2) is 8.15. The summed E-state index contributed by atoms with van der Waals surface area (Å²) in [4.78, 5) is 13.0. The minimum atomic E-state index is 0.0155. The molecule has 0 unspecified atom stereocenters. The first-order valence-corrected chi connectivity index (χ1v) is 6.54. The molecule has 0 spiro atoms. The molecule has 0 aromatic heterocycles. The van der Waals surface area contributed by atoms with Crippen LogP contribution in [-0.2, 0) is 4.79 Å². The smallest absolute Gasteiger partial charge is 0.235 e. The summed E-state index contributed by atoms with van der Waals surface area (Å²) in [7, 11) is 0. The van der Waals surface area contributed by atoms with Gasteiger partial charge in [0, 0.05) is 13.0 Å². The van der Waals surface area contributed by atoms with Gasteiger partial charge in [-0.3, -0.25) is 4.79 Å². The van der Waals surface area contributed by atoms with E-state index in [-0.39, 0.29) is 5.91 Å². The van der Waals surface area contributed by atoms with Crippen LogP contribution in [0.4, 0.5) is 0 Å². The predicted octanol–water partition coefficient (Wildman–Crippen LogP) is 3.21. The molecule has 1 aliphatic rings. The van der Waals surface area contributed by atoms with E-state index in [9.17, 15) is 4.79 Å². The molecule has 90 valence electrons. The lowest BCUT2D eigenvalue weighted by Gasteiger charge is -2.12. The van der Waals surface area contributed by atoms with Crippen molar-refractivity contribution in [2.75, 3.05) is 6.54 Å². The van der Waals surface area contributed by atoms with Gasteiger partial charge in [-0.2, -0.15) is 5.26 Å². The Kier molecular flexibility index (Phi) is 6.64. The average Bonchev–Trinajstić information content (AvgIpc) is 2.31. The van der Waals surface area contributed by atoms with Crippen LogP contribution in [-0.4, -0.2) is 17.4 Å². The summed E-state index contributed by atoms with van der Waals surface area (Å²) in [6, 6.07) is 0. The lowest BCUT2D eigenvalue weighted by molar-refractivity contribution is -0.128. The second-order valence-corrected chi connectivity index (χ2v) is 4.58. The number of hydrogen-bond acceptors (Lipinski definition) is 2. The van der Waals surface area contributed by atoms with Gasteiger partial charge in [-0.1, -0.05) is 44.9 Å². The SMILES string of the molecule is N#CN1CCCCCCCCCCCC1=O. The molecule has 0 N–H and O–H groups in total. The second-order valence-electron chi connectivity index (χ2n) is 4.58. The lowest BCUT2D eigenvalue weighted by Crippen LogP contribution is -2.26. The highest BCUT2D eigenvalue weighted by atomic mass is 16.2. The first-order valence-electron chi connectivity index (χ1n) is 6.54. The highest BCUT2D eigenvalue weighted by Crippen LogP contribution is 2.13. The summed E-state index contributed by atoms with van der Waals surface area (Å²) < 4.78 is 0. The van der Waals surface area contributed by atoms with Gasteiger partial charge in [0.25, 0.3) is 0 Å². The van der Waals surface area contributed by atoms with Crippen LogP contribution in [0.15, 0.2) is 0 Å². The summed E-state index contributed by atoms with van der Waals surface area (Å²) in [5.41, 5.74) is 0. The van der Waals surface area contributed by atoms with E-state index in [0.717, 1.165) is 25.7 Å². The number of hydrogen-bond donors (Lipinski definition) is 0. The molecule has 0 aromatic rings. The molecule has 0 aliphatic carbocycles. The van der Waals surface area contributed by atoms with Crippen molar-refractivity contribution >= 4 is 5.91 Å². The maximum absolute atomic E-state index is 11.7. The van der Waals surface area contributed by atoms with Crippen LogP contribution in [0.2, 0.25) is 0 Å². The Morgan fingerprint density at radius 3 is 1.94 bits per heavy atom. The molecule has 1 fully saturated rings. The minimum Gasteiger partial charge on any atom is -0.274 e. The third-order valence-electron chi connectivity index (χ3n) is 3.19. The van der Waals surface area contributed by atoms with Crippen molar-refractivity contribution in [3.63, 3.8) is 0 Å². The Labute approximate surface area is 98.4 Å². The number of nitrogens with zero attached hydrogens (tertiary/aromatic N) is 2. The molecule has 3 heteroatoms. The third-order valence-corrected chi connectivity index (χ3v) is 3.19. The Hall–Kier alpha value is -1.04. The van der Waals surface area contributed by atoms with Crippen molar-refractivity contribution in [3.05, 3.63) is 0 Å². The lowest BCUT2D eigenvalue weighted by atomic mass is 10.1. The summed E-state index contributed by atoms with van der Waals surface area (Å²) in [5, 5.41) is 8.88. The van der Waals surface area contributed by atoms with E-state index in [1.165, 1.54) is 37.0 Å². The third kappa shape index (κ3) is 5.16. The average molecular weight is 222 g/mol. The number of carbonyl (C=O) groups excluding carboxylic acids is 1. The fourth-order valence-corrected chi connectivity index (χ4v) is 2.15. The standard InChI is InChI=1S/C13H22N2O/c14-12-15-11-9-7-5-3-1-2-4-6-8-10-13(15)16/h1-11H2. The molecule has 0 saturated carbocycles. The predicted molar refractivity (Wildman–Crippen MR) is 63.5 cm³/mol.